The zero-order valence-corrected chi connectivity index (χ0v) is 11.0. The molecule has 0 spiro atoms. The van der Waals surface area contributed by atoms with E-state index in [0.717, 1.165) is 11.3 Å². The number of nitrogens with zero attached hydrogens (tertiary/aromatic N) is 1. The molecule has 1 heterocycles. The third-order valence-electron chi connectivity index (χ3n) is 1.56. The molecule has 2 N–H and O–H groups in total. The molecular weight excluding hydrogens is 242 g/mol. The summed E-state index contributed by atoms with van der Waals surface area (Å²) in [6.45, 7) is 5.30. The Morgan fingerprint density at radius 3 is 2.59 bits per heavy atom. The molecule has 0 bridgehead atoms. The molecule has 0 aliphatic heterocycles. The minimum Gasteiger partial charge on any atom is -0.444 e. The number of hydrogen-bond acceptors (Lipinski definition) is 5. The Morgan fingerprint density at radius 1 is 1.41 bits per heavy atom. The van der Waals surface area contributed by atoms with Gasteiger partial charge in [0, 0.05) is 7.05 Å². The summed E-state index contributed by atoms with van der Waals surface area (Å²) in [7, 11) is 1.53. The van der Waals surface area contributed by atoms with Gasteiger partial charge in [0.25, 0.3) is 5.91 Å². The molecule has 1 aromatic rings. The summed E-state index contributed by atoms with van der Waals surface area (Å²) >= 11 is 1.08. The number of carbonyl (C=O) groups excluding carboxylic acids is 2. The molecule has 2 amide bonds. The van der Waals surface area contributed by atoms with Gasteiger partial charge in [-0.1, -0.05) is 11.3 Å². The first-order valence-electron chi connectivity index (χ1n) is 5.00. The fraction of sp³-hybridized carbons (Fsp3) is 0.500. The molecule has 1 rings (SSSR count). The molecule has 0 fully saturated rings. The number of hydrogen-bond donors (Lipinski definition) is 2. The number of rotatable bonds is 2. The zero-order valence-electron chi connectivity index (χ0n) is 10.2. The molecule has 94 valence electrons. The molecule has 17 heavy (non-hydrogen) atoms. The van der Waals surface area contributed by atoms with E-state index >= 15 is 0 Å². The van der Waals surface area contributed by atoms with Crippen LogP contribution >= 0.6 is 11.3 Å². The summed E-state index contributed by atoms with van der Waals surface area (Å²) in [6, 6.07) is 0. The van der Waals surface area contributed by atoms with E-state index in [1.54, 1.807) is 20.8 Å². The Labute approximate surface area is 103 Å². The van der Waals surface area contributed by atoms with Gasteiger partial charge >= 0.3 is 6.09 Å². The Morgan fingerprint density at radius 2 is 2.06 bits per heavy atom. The van der Waals surface area contributed by atoms with Gasteiger partial charge in [-0.15, -0.1) is 0 Å². The second kappa shape index (κ2) is 5.13. The topological polar surface area (TPSA) is 80.3 Å². The van der Waals surface area contributed by atoms with E-state index < -0.39 is 11.7 Å². The summed E-state index contributed by atoms with van der Waals surface area (Å²) < 4.78 is 5.05. The number of anilines is 1. The molecule has 0 saturated carbocycles. The maximum absolute atomic E-state index is 11.4. The summed E-state index contributed by atoms with van der Waals surface area (Å²) in [5.41, 5.74) is -0.565. The van der Waals surface area contributed by atoms with Crippen LogP contribution in [0.4, 0.5) is 9.93 Å². The minimum absolute atomic E-state index is 0.236. The van der Waals surface area contributed by atoms with Gasteiger partial charge in [-0.05, 0) is 20.8 Å². The smallest absolute Gasteiger partial charge is 0.413 e. The van der Waals surface area contributed by atoms with E-state index in [1.807, 2.05) is 0 Å². The van der Waals surface area contributed by atoms with Crippen LogP contribution < -0.4 is 10.6 Å². The highest BCUT2D eigenvalue weighted by atomic mass is 32.1. The van der Waals surface area contributed by atoms with Crippen LogP contribution in [0, 0.1) is 0 Å². The molecule has 0 atom stereocenters. The Balaban J connectivity index is 2.61. The predicted octanol–water partition coefficient (Wildman–Crippen LogP) is 1.85. The van der Waals surface area contributed by atoms with Gasteiger partial charge in [-0.3, -0.25) is 10.1 Å². The highest BCUT2D eigenvalue weighted by Gasteiger charge is 2.17. The van der Waals surface area contributed by atoms with Gasteiger partial charge in [0.2, 0.25) is 0 Å². The summed E-state index contributed by atoms with van der Waals surface area (Å²) in [5.74, 6) is -0.236. The Bertz CT molecular complexity index is 423. The van der Waals surface area contributed by atoms with Gasteiger partial charge in [-0.2, -0.15) is 0 Å². The van der Waals surface area contributed by atoms with Crippen LogP contribution in [-0.4, -0.2) is 29.6 Å². The van der Waals surface area contributed by atoms with Crippen molar-refractivity contribution in [3.05, 3.63) is 11.1 Å². The van der Waals surface area contributed by atoms with Crippen LogP contribution in [0.3, 0.4) is 0 Å². The van der Waals surface area contributed by atoms with Crippen molar-refractivity contribution in [3.8, 4) is 0 Å². The lowest BCUT2D eigenvalue weighted by molar-refractivity contribution is 0.0635. The van der Waals surface area contributed by atoms with Gasteiger partial charge < -0.3 is 10.1 Å². The summed E-state index contributed by atoms with van der Waals surface area (Å²) in [6.07, 6.45) is 0.811. The van der Waals surface area contributed by atoms with Crippen molar-refractivity contribution >= 4 is 28.5 Å². The van der Waals surface area contributed by atoms with Crippen LogP contribution in [0.1, 0.15) is 30.4 Å². The van der Waals surface area contributed by atoms with E-state index in [-0.39, 0.29) is 5.91 Å². The molecule has 0 aromatic carbocycles. The van der Waals surface area contributed by atoms with Crippen molar-refractivity contribution in [2.75, 3.05) is 12.4 Å². The minimum atomic E-state index is -0.588. The molecule has 1 aromatic heterocycles. The highest BCUT2D eigenvalue weighted by Crippen LogP contribution is 2.18. The molecule has 7 heteroatoms. The van der Waals surface area contributed by atoms with Crippen molar-refractivity contribution in [3.63, 3.8) is 0 Å². The van der Waals surface area contributed by atoms with Crippen LogP contribution in [0.15, 0.2) is 6.20 Å². The number of aromatic nitrogens is 1. The molecule has 0 aliphatic rings. The van der Waals surface area contributed by atoms with Crippen LogP contribution in [0.2, 0.25) is 0 Å². The van der Waals surface area contributed by atoms with Crippen molar-refractivity contribution in [2.24, 2.45) is 0 Å². The molecule has 0 saturated heterocycles. The monoisotopic (exact) mass is 257 g/mol. The maximum Gasteiger partial charge on any atom is 0.413 e. The molecule has 0 aliphatic carbocycles. The second-order valence-corrected chi connectivity index (χ2v) is 5.27. The first kappa shape index (κ1) is 13.4. The zero-order chi connectivity index (χ0) is 13.1. The number of ether oxygens (including phenoxy) is 1. The lowest BCUT2D eigenvalue weighted by Crippen LogP contribution is -2.27. The van der Waals surface area contributed by atoms with Crippen molar-refractivity contribution in [1.82, 2.24) is 10.3 Å². The Kier molecular flexibility index (Phi) is 4.06. The SMILES string of the molecule is CNC(=O)c1cnc(NC(=O)OC(C)(C)C)s1. The molecule has 6 nitrogen and oxygen atoms in total. The fourth-order valence-corrected chi connectivity index (χ4v) is 1.70. The van der Waals surface area contributed by atoms with E-state index in [2.05, 4.69) is 15.6 Å². The third-order valence-corrected chi connectivity index (χ3v) is 2.48. The van der Waals surface area contributed by atoms with Crippen molar-refractivity contribution in [1.29, 1.82) is 0 Å². The Hall–Kier alpha value is -1.63. The quantitative estimate of drug-likeness (QED) is 0.847. The predicted molar refractivity (Wildman–Crippen MR) is 65.4 cm³/mol. The van der Waals surface area contributed by atoms with Crippen LogP contribution in [-0.2, 0) is 4.74 Å². The standard InChI is InChI=1S/C10H15N3O3S/c1-10(2,3)16-9(15)13-8-12-5-6(17-8)7(14)11-4/h5H,1-4H3,(H,11,14)(H,12,13,15). The number of nitrogens with one attached hydrogen (secondary N) is 2. The molecule has 0 radical (unpaired) electrons. The average Bonchev–Trinajstić information content (AvgIpc) is 2.62. The van der Waals surface area contributed by atoms with E-state index in [4.69, 9.17) is 4.74 Å². The molecular formula is C10H15N3O3S. The lowest BCUT2D eigenvalue weighted by atomic mass is 10.2. The molecule has 0 unspecified atom stereocenters. The van der Waals surface area contributed by atoms with Crippen LogP contribution in [0.25, 0.3) is 0 Å². The lowest BCUT2D eigenvalue weighted by Gasteiger charge is -2.18. The summed E-state index contributed by atoms with van der Waals surface area (Å²) in [4.78, 5) is 27.0. The largest absolute Gasteiger partial charge is 0.444 e. The number of amides is 2. The first-order valence-corrected chi connectivity index (χ1v) is 5.81. The van der Waals surface area contributed by atoms with Gasteiger partial charge in [0.1, 0.15) is 10.5 Å². The van der Waals surface area contributed by atoms with E-state index in [0.29, 0.717) is 10.0 Å². The fourth-order valence-electron chi connectivity index (χ4n) is 0.951. The number of thiazole rings is 1. The van der Waals surface area contributed by atoms with Gasteiger partial charge in [-0.25, -0.2) is 9.78 Å². The number of carbonyl (C=O) groups is 2. The third kappa shape index (κ3) is 4.39. The van der Waals surface area contributed by atoms with Crippen LogP contribution in [0.5, 0.6) is 0 Å². The van der Waals surface area contributed by atoms with Crippen molar-refractivity contribution in [2.45, 2.75) is 26.4 Å². The maximum atomic E-state index is 11.4. The second-order valence-electron chi connectivity index (χ2n) is 4.24. The van der Waals surface area contributed by atoms with Crippen molar-refractivity contribution < 1.29 is 14.3 Å². The normalized spacial score (nSPS) is 10.8. The van der Waals surface area contributed by atoms with Gasteiger partial charge in [0.05, 0.1) is 6.20 Å². The average molecular weight is 257 g/mol. The van der Waals surface area contributed by atoms with E-state index in [1.165, 1.54) is 13.2 Å². The first-order chi connectivity index (χ1) is 7.81. The highest BCUT2D eigenvalue weighted by molar-refractivity contribution is 7.17. The summed E-state index contributed by atoms with van der Waals surface area (Å²) in [5, 5.41) is 5.27. The van der Waals surface area contributed by atoms with Gasteiger partial charge in [0.15, 0.2) is 5.13 Å². The van der Waals surface area contributed by atoms with E-state index in [9.17, 15) is 9.59 Å².